The van der Waals surface area contributed by atoms with E-state index in [1.807, 2.05) is 27.7 Å². The Hall–Kier alpha value is -1.60. The second-order valence-electron chi connectivity index (χ2n) is 8.28. The third-order valence-electron chi connectivity index (χ3n) is 5.21. The fourth-order valence-corrected chi connectivity index (χ4v) is 4.98. The van der Waals surface area contributed by atoms with Gasteiger partial charge in [-0.15, -0.1) is 0 Å². The van der Waals surface area contributed by atoms with Crippen molar-refractivity contribution in [3.8, 4) is 6.07 Å². The van der Waals surface area contributed by atoms with Gasteiger partial charge < -0.3 is 23.5 Å². The Bertz CT molecular complexity index is 855. The predicted molar refractivity (Wildman–Crippen MR) is 123 cm³/mol. The van der Waals surface area contributed by atoms with Crippen LogP contribution in [0.15, 0.2) is 15.8 Å². The Labute approximate surface area is 191 Å². The van der Waals surface area contributed by atoms with E-state index >= 15 is 0 Å². The summed E-state index contributed by atoms with van der Waals surface area (Å²) in [6.07, 6.45) is 1.08. The first kappa shape index (κ1) is 28.4. The van der Waals surface area contributed by atoms with Crippen LogP contribution >= 0.6 is 8.53 Å². The van der Waals surface area contributed by atoms with Gasteiger partial charge in [-0.3, -0.25) is 9.78 Å². The predicted octanol–water partition coefficient (Wildman–Crippen LogP) is 2.29. The van der Waals surface area contributed by atoms with Gasteiger partial charge >= 0.3 is 5.69 Å². The molecular weight excluding hydrogens is 435 g/mol. The van der Waals surface area contributed by atoms with Crippen LogP contribution in [-0.4, -0.2) is 63.4 Å². The van der Waals surface area contributed by atoms with Crippen molar-refractivity contribution < 1.29 is 18.9 Å². The molecule has 3 unspecified atom stereocenters. The molecule has 0 aliphatic carbocycles. The van der Waals surface area contributed by atoms with Gasteiger partial charge in [0.2, 0.25) is 0 Å². The maximum Gasteiger partial charge on any atom is 0.328 e. The van der Waals surface area contributed by atoms with Crippen molar-refractivity contribution >= 4 is 8.53 Å². The average molecular weight is 473 g/mol. The lowest BCUT2D eigenvalue weighted by Crippen LogP contribution is -2.48. The van der Waals surface area contributed by atoms with Crippen molar-refractivity contribution in [2.45, 2.75) is 84.7 Å². The Morgan fingerprint density at radius 1 is 1.25 bits per heavy atom. The SMILES string of the molecule is COC(CCn1cc(C)c(=O)[nH]c1=O)(COP(OCCC#N)N(C(C)C)C(C)C)C(C)O. The highest BCUT2D eigenvalue weighted by atomic mass is 31.2. The maximum absolute atomic E-state index is 12.1. The summed E-state index contributed by atoms with van der Waals surface area (Å²) in [6.45, 7) is 11.8. The van der Waals surface area contributed by atoms with Crippen LogP contribution in [-0.2, 0) is 20.3 Å². The van der Waals surface area contributed by atoms with E-state index in [0.29, 0.717) is 5.56 Å². The van der Waals surface area contributed by atoms with Gasteiger partial charge in [-0.1, -0.05) is 0 Å². The molecule has 0 saturated carbocycles. The average Bonchev–Trinajstić information content (AvgIpc) is 2.70. The van der Waals surface area contributed by atoms with Gasteiger partial charge in [-0.25, -0.2) is 9.46 Å². The normalized spacial score (nSPS) is 15.7. The van der Waals surface area contributed by atoms with Gasteiger partial charge in [0.15, 0.2) is 0 Å². The fourth-order valence-electron chi connectivity index (χ4n) is 3.31. The van der Waals surface area contributed by atoms with Gasteiger partial charge in [0.05, 0.1) is 31.8 Å². The molecule has 0 saturated heterocycles. The quantitative estimate of drug-likeness (QED) is 0.312. The first-order valence-electron chi connectivity index (χ1n) is 10.7. The summed E-state index contributed by atoms with van der Waals surface area (Å²) < 4.78 is 21.3. The molecule has 0 radical (unpaired) electrons. The number of nitrogens with one attached hydrogen (secondary N) is 1. The van der Waals surface area contributed by atoms with E-state index < -0.39 is 31.5 Å². The summed E-state index contributed by atoms with van der Waals surface area (Å²) in [5, 5.41) is 19.4. The van der Waals surface area contributed by atoms with Crippen LogP contribution in [0.4, 0.5) is 0 Å². The summed E-state index contributed by atoms with van der Waals surface area (Å²) in [7, 11) is -0.0305. The lowest BCUT2D eigenvalue weighted by molar-refractivity contribution is -0.125. The van der Waals surface area contributed by atoms with E-state index in [2.05, 4.69) is 15.7 Å². The van der Waals surface area contributed by atoms with E-state index in [1.165, 1.54) is 17.9 Å². The van der Waals surface area contributed by atoms with E-state index in [4.69, 9.17) is 19.0 Å². The first-order valence-corrected chi connectivity index (χ1v) is 11.9. The number of aliphatic hydroxyl groups is 1. The van der Waals surface area contributed by atoms with Gasteiger partial charge in [-0.05, 0) is 48.0 Å². The number of aromatic amines is 1. The van der Waals surface area contributed by atoms with Crippen molar-refractivity contribution in [2.24, 2.45) is 0 Å². The maximum atomic E-state index is 12.1. The minimum Gasteiger partial charge on any atom is -0.390 e. The standard InChI is InChI=1S/C21H37N4O6P/c1-15(2)25(16(3)4)32(30-12-8-10-22)31-14-21(29-7,18(6)26)9-11-24-13-17(5)19(27)23-20(24)28/h13,15-16,18,26H,8-9,11-12,14H2,1-7H3,(H,23,27,28). The summed E-state index contributed by atoms with van der Waals surface area (Å²) in [4.78, 5) is 26.0. The minimum atomic E-state index is -1.52. The highest BCUT2D eigenvalue weighted by Crippen LogP contribution is 2.47. The molecule has 1 heterocycles. The zero-order chi connectivity index (χ0) is 24.5. The van der Waals surface area contributed by atoms with Crippen LogP contribution in [0.5, 0.6) is 0 Å². The number of ether oxygens (including phenoxy) is 1. The van der Waals surface area contributed by atoms with E-state index in [0.717, 1.165) is 0 Å². The molecule has 10 nitrogen and oxygen atoms in total. The molecule has 11 heteroatoms. The number of aromatic nitrogens is 2. The van der Waals surface area contributed by atoms with Crippen molar-refractivity contribution in [3.05, 3.63) is 32.6 Å². The number of H-pyrrole nitrogens is 1. The molecule has 0 fully saturated rings. The van der Waals surface area contributed by atoms with E-state index in [-0.39, 0.29) is 44.7 Å². The fraction of sp³-hybridized carbons (Fsp3) is 0.762. The second kappa shape index (κ2) is 13.2. The molecule has 2 N–H and O–H groups in total. The van der Waals surface area contributed by atoms with Gasteiger partial charge in [-0.2, -0.15) is 5.26 Å². The molecule has 0 aromatic carbocycles. The Kier molecular flexibility index (Phi) is 11.7. The van der Waals surface area contributed by atoms with Crippen LogP contribution in [0.1, 0.15) is 53.0 Å². The number of aryl methyl sites for hydroxylation is 2. The molecule has 182 valence electrons. The molecular formula is C21H37N4O6P. The second-order valence-corrected chi connectivity index (χ2v) is 9.73. The largest absolute Gasteiger partial charge is 0.390 e. The van der Waals surface area contributed by atoms with Crippen LogP contribution < -0.4 is 11.2 Å². The molecule has 3 atom stereocenters. The summed E-state index contributed by atoms with van der Waals surface area (Å²) >= 11 is 0. The summed E-state index contributed by atoms with van der Waals surface area (Å²) in [6, 6.07) is 2.33. The third-order valence-corrected chi connectivity index (χ3v) is 7.27. The van der Waals surface area contributed by atoms with Crippen LogP contribution in [0.25, 0.3) is 0 Å². The van der Waals surface area contributed by atoms with Crippen molar-refractivity contribution in [1.29, 1.82) is 5.26 Å². The smallest absolute Gasteiger partial charge is 0.328 e. The van der Waals surface area contributed by atoms with Gasteiger partial charge in [0, 0.05) is 37.5 Å². The van der Waals surface area contributed by atoms with Gasteiger partial charge in [0.1, 0.15) is 5.60 Å². The number of nitriles is 1. The molecule has 1 rings (SSSR count). The number of nitrogens with zero attached hydrogens (tertiary/aromatic N) is 3. The number of methoxy groups -OCH3 is 1. The van der Waals surface area contributed by atoms with Crippen LogP contribution in [0, 0.1) is 18.3 Å². The molecule has 0 bridgehead atoms. The monoisotopic (exact) mass is 472 g/mol. The highest BCUT2D eigenvalue weighted by Gasteiger charge is 2.38. The number of aliphatic hydroxyl groups excluding tert-OH is 1. The Morgan fingerprint density at radius 3 is 2.38 bits per heavy atom. The van der Waals surface area contributed by atoms with E-state index in [1.54, 1.807) is 13.8 Å². The number of hydrogen-bond acceptors (Lipinski definition) is 8. The molecule has 32 heavy (non-hydrogen) atoms. The molecule has 0 aliphatic rings. The van der Waals surface area contributed by atoms with Crippen LogP contribution in [0.3, 0.4) is 0 Å². The third kappa shape index (κ3) is 7.77. The van der Waals surface area contributed by atoms with Crippen LogP contribution in [0.2, 0.25) is 0 Å². The Balaban J connectivity index is 3.08. The topological polar surface area (TPSA) is 130 Å². The molecule has 1 aromatic heterocycles. The zero-order valence-electron chi connectivity index (χ0n) is 20.1. The van der Waals surface area contributed by atoms with Crippen molar-refractivity contribution in [2.75, 3.05) is 20.3 Å². The number of hydrogen-bond donors (Lipinski definition) is 2. The van der Waals surface area contributed by atoms with Crippen molar-refractivity contribution in [1.82, 2.24) is 14.2 Å². The lowest BCUT2D eigenvalue weighted by atomic mass is 9.94. The molecule has 1 aromatic rings. The molecule has 0 amide bonds. The van der Waals surface area contributed by atoms with Crippen molar-refractivity contribution in [3.63, 3.8) is 0 Å². The Morgan fingerprint density at radius 2 is 1.88 bits per heavy atom. The van der Waals surface area contributed by atoms with E-state index in [9.17, 15) is 14.7 Å². The summed E-state index contributed by atoms with van der Waals surface area (Å²) in [5.41, 5.74) is -1.64. The highest BCUT2D eigenvalue weighted by molar-refractivity contribution is 7.44. The first-order chi connectivity index (χ1) is 15.0. The zero-order valence-corrected chi connectivity index (χ0v) is 21.0. The number of rotatable bonds is 14. The summed E-state index contributed by atoms with van der Waals surface area (Å²) in [5.74, 6) is 0. The molecule has 0 spiro atoms. The lowest BCUT2D eigenvalue weighted by Gasteiger charge is -2.40. The minimum absolute atomic E-state index is 0.0203. The van der Waals surface area contributed by atoms with Gasteiger partial charge in [0.25, 0.3) is 14.1 Å². The molecule has 0 aliphatic heterocycles.